The average Bonchev–Trinajstić information content (AvgIpc) is 3.86. The van der Waals surface area contributed by atoms with Crippen LogP contribution in [0.25, 0.3) is 84.2 Å². The first-order chi connectivity index (χ1) is 24.8. The topological polar surface area (TPSA) is 16.4 Å². The zero-order valence-electron chi connectivity index (χ0n) is 26.8. The van der Waals surface area contributed by atoms with Gasteiger partial charge in [0.1, 0.15) is 11.2 Å². The van der Waals surface area contributed by atoms with Crippen molar-refractivity contribution in [1.82, 2.24) is 0 Å². The second kappa shape index (κ2) is 10.8. The van der Waals surface area contributed by atoms with Crippen molar-refractivity contribution in [3.63, 3.8) is 0 Å². The van der Waals surface area contributed by atoms with E-state index in [1.165, 1.54) is 62.2 Å². The van der Waals surface area contributed by atoms with Gasteiger partial charge in [-0.15, -0.1) is 22.7 Å². The molecule has 0 spiro atoms. The summed E-state index contributed by atoms with van der Waals surface area (Å²) in [6, 6.07) is 59.4. The summed E-state index contributed by atoms with van der Waals surface area (Å²) >= 11 is 3.71. The van der Waals surface area contributed by atoms with Gasteiger partial charge in [0.2, 0.25) is 0 Å². The summed E-state index contributed by atoms with van der Waals surface area (Å²) in [4.78, 5) is 2.47. The standard InChI is InChI=1S/C46H27NOS2/c1-2-12-28(13-3-1)35-27-39-45(33-16-5-4-14-30(33)35)46-37(18-10-20-38(46)48-39)47(29-24-25-32-31-15-6-8-21-40(31)50-43(32)26-29)36-19-11-23-42-44(36)34-17-7-9-22-41(34)49-42/h1-27H. The number of furan rings is 1. The number of thiophene rings is 2. The highest BCUT2D eigenvalue weighted by Crippen LogP contribution is 2.50. The van der Waals surface area contributed by atoms with Gasteiger partial charge in [0, 0.05) is 51.4 Å². The highest BCUT2D eigenvalue weighted by molar-refractivity contribution is 7.26. The van der Waals surface area contributed by atoms with E-state index in [4.69, 9.17) is 4.42 Å². The van der Waals surface area contributed by atoms with Gasteiger partial charge in [-0.3, -0.25) is 0 Å². The normalized spacial score (nSPS) is 12.0. The first kappa shape index (κ1) is 28.0. The summed E-state index contributed by atoms with van der Waals surface area (Å²) in [6.07, 6.45) is 0. The molecule has 0 amide bonds. The van der Waals surface area contributed by atoms with Crippen molar-refractivity contribution < 1.29 is 4.42 Å². The van der Waals surface area contributed by atoms with Crippen molar-refractivity contribution in [1.29, 1.82) is 0 Å². The summed E-state index contributed by atoms with van der Waals surface area (Å²) in [5.74, 6) is 0. The molecule has 0 unspecified atom stereocenters. The van der Waals surface area contributed by atoms with E-state index >= 15 is 0 Å². The van der Waals surface area contributed by atoms with E-state index in [-0.39, 0.29) is 0 Å². The summed E-state index contributed by atoms with van der Waals surface area (Å²) in [7, 11) is 0. The lowest BCUT2D eigenvalue weighted by atomic mass is 9.94. The van der Waals surface area contributed by atoms with E-state index in [9.17, 15) is 0 Å². The van der Waals surface area contributed by atoms with Crippen LogP contribution in [0.3, 0.4) is 0 Å². The molecule has 4 heteroatoms. The quantitative estimate of drug-likeness (QED) is 0.185. The SMILES string of the molecule is c1ccc(-c2cc3oc4cccc(N(c5ccc6c(c5)sc5ccccc56)c5cccc6sc7ccccc7c56)c4c3c3ccccc23)cc1. The molecule has 234 valence electrons. The lowest BCUT2D eigenvalue weighted by Gasteiger charge is -2.27. The van der Waals surface area contributed by atoms with Crippen molar-refractivity contribution in [2.24, 2.45) is 0 Å². The third-order valence-corrected chi connectivity index (χ3v) is 12.3. The first-order valence-electron chi connectivity index (χ1n) is 16.8. The number of fused-ring (bicyclic) bond motifs is 11. The van der Waals surface area contributed by atoms with Gasteiger partial charge in [-0.1, -0.05) is 109 Å². The monoisotopic (exact) mass is 673 g/mol. The molecule has 0 saturated heterocycles. The molecule has 0 atom stereocenters. The van der Waals surface area contributed by atoms with Gasteiger partial charge in [0.25, 0.3) is 0 Å². The number of hydrogen-bond donors (Lipinski definition) is 0. The van der Waals surface area contributed by atoms with Crippen LogP contribution < -0.4 is 4.90 Å². The van der Waals surface area contributed by atoms with E-state index in [2.05, 4.69) is 169 Å². The largest absolute Gasteiger partial charge is 0.456 e. The van der Waals surface area contributed by atoms with Crippen LogP contribution in [-0.4, -0.2) is 0 Å². The van der Waals surface area contributed by atoms with Crippen LogP contribution in [0.15, 0.2) is 168 Å². The molecule has 3 heterocycles. The van der Waals surface area contributed by atoms with Crippen LogP contribution in [0.4, 0.5) is 17.1 Å². The molecule has 0 saturated carbocycles. The fourth-order valence-electron chi connectivity index (χ4n) is 7.91. The van der Waals surface area contributed by atoms with Crippen LogP contribution >= 0.6 is 22.7 Å². The molecule has 0 aliphatic heterocycles. The van der Waals surface area contributed by atoms with Crippen molar-refractivity contribution in [2.45, 2.75) is 0 Å². The summed E-state index contributed by atoms with van der Waals surface area (Å²) in [5, 5.41) is 9.80. The molecule has 3 aromatic heterocycles. The molecule has 0 radical (unpaired) electrons. The molecule has 11 aromatic rings. The average molecular weight is 674 g/mol. The lowest BCUT2D eigenvalue weighted by Crippen LogP contribution is -2.10. The van der Waals surface area contributed by atoms with Crippen LogP contribution in [0.5, 0.6) is 0 Å². The molecular formula is C46H27NOS2. The zero-order chi connectivity index (χ0) is 32.8. The zero-order valence-corrected chi connectivity index (χ0v) is 28.4. The highest BCUT2D eigenvalue weighted by atomic mass is 32.1. The lowest BCUT2D eigenvalue weighted by molar-refractivity contribution is 0.669. The first-order valence-corrected chi connectivity index (χ1v) is 18.5. The Balaban J connectivity index is 1.26. The van der Waals surface area contributed by atoms with Crippen molar-refractivity contribution in [3.05, 3.63) is 164 Å². The molecule has 0 fully saturated rings. The number of hydrogen-bond acceptors (Lipinski definition) is 4. The maximum Gasteiger partial charge on any atom is 0.137 e. The maximum absolute atomic E-state index is 6.82. The molecule has 0 bridgehead atoms. The van der Waals surface area contributed by atoms with Gasteiger partial charge >= 0.3 is 0 Å². The molecule has 0 N–H and O–H groups in total. The predicted molar refractivity (Wildman–Crippen MR) is 217 cm³/mol. The number of benzene rings is 8. The Kier molecular flexibility index (Phi) is 6.03. The van der Waals surface area contributed by atoms with Gasteiger partial charge in [0.15, 0.2) is 0 Å². The van der Waals surface area contributed by atoms with Crippen molar-refractivity contribution in [2.75, 3.05) is 4.90 Å². The summed E-state index contributed by atoms with van der Waals surface area (Å²) in [5.41, 5.74) is 7.51. The Morgan fingerprint density at radius 3 is 1.84 bits per heavy atom. The molecule has 0 aliphatic carbocycles. The van der Waals surface area contributed by atoms with Crippen LogP contribution in [0.1, 0.15) is 0 Å². The highest BCUT2D eigenvalue weighted by Gasteiger charge is 2.24. The van der Waals surface area contributed by atoms with Gasteiger partial charge < -0.3 is 9.32 Å². The van der Waals surface area contributed by atoms with Crippen LogP contribution in [0, 0.1) is 0 Å². The Labute approximate surface area is 295 Å². The molecule has 0 aliphatic rings. The van der Waals surface area contributed by atoms with E-state index in [0.717, 1.165) is 39.0 Å². The summed E-state index contributed by atoms with van der Waals surface area (Å²) in [6.45, 7) is 0. The minimum Gasteiger partial charge on any atom is -0.456 e. The number of nitrogens with zero attached hydrogens (tertiary/aromatic N) is 1. The van der Waals surface area contributed by atoms with Crippen molar-refractivity contribution in [3.8, 4) is 11.1 Å². The van der Waals surface area contributed by atoms with Crippen LogP contribution in [0.2, 0.25) is 0 Å². The third kappa shape index (κ3) is 4.07. The smallest absolute Gasteiger partial charge is 0.137 e. The molecule has 11 rings (SSSR count). The van der Waals surface area contributed by atoms with E-state index in [0.29, 0.717) is 0 Å². The molecule has 2 nitrogen and oxygen atoms in total. The Bertz CT molecular complexity index is 3110. The molecule has 8 aromatic carbocycles. The van der Waals surface area contributed by atoms with E-state index in [1.54, 1.807) is 0 Å². The van der Waals surface area contributed by atoms with Gasteiger partial charge in [0.05, 0.1) is 16.8 Å². The van der Waals surface area contributed by atoms with Gasteiger partial charge in [-0.25, -0.2) is 0 Å². The number of anilines is 3. The van der Waals surface area contributed by atoms with E-state index in [1.807, 2.05) is 22.7 Å². The second-order valence-electron chi connectivity index (χ2n) is 12.8. The van der Waals surface area contributed by atoms with Crippen LogP contribution in [-0.2, 0) is 0 Å². The minimum atomic E-state index is 0.878. The maximum atomic E-state index is 6.82. The second-order valence-corrected chi connectivity index (χ2v) is 15.0. The third-order valence-electron chi connectivity index (χ3n) is 10.1. The fraction of sp³-hybridized carbons (Fsp3) is 0. The number of rotatable bonds is 4. The Hall–Kier alpha value is -5.94. The summed E-state index contributed by atoms with van der Waals surface area (Å²) < 4.78 is 12.0. The Morgan fingerprint density at radius 1 is 0.380 bits per heavy atom. The fourth-order valence-corrected chi connectivity index (χ4v) is 10.2. The minimum absolute atomic E-state index is 0.878. The molecule has 50 heavy (non-hydrogen) atoms. The van der Waals surface area contributed by atoms with Gasteiger partial charge in [-0.05, 0) is 76.5 Å². The van der Waals surface area contributed by atoms with E-state index < -0.39 is 0 Å². The Morgan fingerprint density at radius 2 is 1.00 bits per heavy atom. The molecular weight excluding hydrogens is 647 g/mol. The van der Waals surface area contributed by atoms with Gasteiger partial charge in [-0.2, -0.15) is 0 Å². The van der Waals surface area contributed by atoms with Crippen molar-refractivity contribution >= 4 is 113 Å². The predicted octanol–water partition coefficient (Wildman–Crippen LogP) is 14.6.